The van der Waals surface area contributed by atoms with E-state index in [1.165, 1.54) is 35.7 Å². The molecule has 0 aliphatic rings. The average molecular weight is 381 g/mol. The molecule has 27 heavy (non-hydrogen) atoms. The summed E-state index contributed by atoms with van der Waals surface area (Å²) in [6.45, 7) is 4.08. The van der Waals surface area contributed by atoms with Crippen LogP contribution in [0.15, 0.2) is 52.6 Å². The Morgan fingerprint density at radius 2 is 1.96 bits per heavy atom. The topological polar surface area (TPSA) is 94.8 Å². The fourth-order valence-corrected chi connectivity index (χ4v) is 3.29. The fraction of sp³-hybridized carbons (Fsp3) is 0.150. The van der Waals surface area contributed by atoms with E-state index in [-0.39, 0.29) is 23.2 Å². The molecule has 0 aliphatic heterocycles. The number of carbonyl (C=O) groups is 1. The van der Waals surface area contributed by atoms with E-state index in [9.17, 15) is 15.0 Å². The lowest BCUT2D eigenvalue weighted by Crippen LogP contribution is -2.19. The van der Waals surface area contributed by atoms with Crippen LogP contribution in [0, 0.1) is 13.8 Å². The highest BCUT2D eigenvalue weighted by Crippen LogP contribution is 2.25. The zero-order valence-electron chi connectivity index (χ0n) is 14.9. The second kappa shape index (κ2) is 8.09. The molecule has 0 saturated heterocycles. The lowest BCUT2D eigenvalue weighted by molar-refractivity contribution is -0.118. The van der Waals surface area contributed by atoms with E-state index in [1.54, 1.807) is 6.07 Å². The van der Waals surface area contributed by atoms with Crippen LogP contribution in [0.25, 0.3) is 10.9 Å². The van der Waals surface area contributed by atoms with Gasteiger partial charge in [0.15, 0.2) is 11.5 Å². The second-order valence-electron chi connectivity index (χ2n) is 6.13. The Morgan fingerprint density at radius 1 is 1.15 bits per heavy atom. The van der Waals surface area contributed by atoms with Gasteiger partial charge in [0.1, 0.15) is 0 Å². The summed E-state index contributed by atoms with van der Waals surface area (Å²) >= 11 is 1.34. The van der Waals surface area contributed by atoms with Gasteiger partial charge in [0.25, 0.3) is 0 Å². The number of phenolic OH excluding ortho intramolecular Hbond substituents is 2. The normalized spacial score (nSPS) is 11.2. The van der Waals surface area contributed by atoms with E-state index in [0.717, 1.165) is 21.5 Å². The third kappa shape index (κ3) is 4.77. The van der Waals surface area contributed by atoms with Gasteiger partial charge in [-0.1, -0.05) is 23.4 Å². The standard InChI is InChI=1S/C20H19N3O3S/c1-12-3-5-16-15(7-12)13(2)8-20(22-16)27-11-19(26)23-21-10-14-4-6-17(24)18(25)9-14/h3-10,24-25H,11H2,1-2H3,(H,23,26)/b21-10-. The lowest BCUT2D eigenvalue weighted by atomic mass is 10.1. The molecule has 3 rings (SSSR count). The third-order valence-electron chi connectivity index (χ3n) is 3.90. The van der Waals surface area contributed by atoms with Crippen LogP contribution in [0.4, 0.5) is 0 Å². The maximum atomic E-state index is 12.0. The number of pyridine rings is 1. The van der Waals surface area contributed by atoms with E-state index in [0.29, 0.717) is 5.56 Å². The molecule has 6 nitrogen and oxygen atoms in total. The minimum absolute atomic E-state index is 0.183. The fourth-order valence-electron chi connectivity index (χ4n) is 2.52. The van der Waals surface area contributed by atoms with Gasteiger partial charge >= 0.3 is 0 Å². The molecule has 0 atom stereocenters. The number of aromatic hydroxyl groups is 2. The van der Waals surface area contributed by atoms with Crippen molar-refractivity contribution in [3.63, 3.8) is 0 Å². The Hall–Kier alpha value is -3.06. The number of phenols is 2. The van der Waals surface area contributed by atoms with E-state index >= 15 is 0 Å². The van der Waals surface area contributed by atoms with Crippen molar-refractivity contribution in [2.75, 3.05) is 5.75 Å². The molecule has 138 valence electrons. The van der Waals surface area contributed by atoms with Crippen LogP contribution in [-0.2, 0) is 4.79 Å². The zero-order valence-corrected chi connectivity index (χ0v) is 15.7. The van der Waals surface area contributed by atoms with Crippen LogP contribution in [0.2, 0.25) is 0 Å². The molecule has 0 aliphatic carbocycles. The molecule has 0 unspecified atom stereocenters. The predicted octanol–water partition coefficient (Wildman–Crippen LogP) is 3.51. The smallest absolute Gasteiger partial charge is 0.250 e. The van der Waals surface area contributed by atoms with Crippen molar-refractivity contribution in [3.8, 4) is 11.5 Å². The molecule has 0 radical (unpaired) electrons. The van der Waals surface area contributed by atoms with Crippen molar-refractivity contribution in [2.24, 2.45) is 5.10 Å². The summed E-state index contributed by atoms with van der Waals surface area (Å²) in [6.07, 6.45) is 1.39. The first-order valence-corrected chi connectivity index (χ1v) is 9.25. The number of nitrogens with zero attached hydrogens (tertiary/aromatic N) is 2. The van der Waals surface area contributed by atoms with Gasteiger partial charge in [0.05, 0.1) is 22.5 Å². The first kappa shape index (κ1) is 18.7. The number of amides is 1. The van der Waals surface area contributed by atoms with Crippen LogP contribution in [0.3, 0.4) is 0 Å². The Morgan fingerprint density at radius 3 is 2.74 bits per heavy atom. The Kier molecular flexibility index (Phi) is 5.61. The summed E-state index contributed by atoms with van der Waals surface area (Å²) < 4.78 is 0. The second-order valence-corrected chi connectivity index (χ2v) is 7.12. The molecule has 1 amide bonds. The number of hydrogen-bond donors (Lipinski definition) is 3. The Labute approximate surface area is 161 Å². The Balaban J connectivity index is 1.59. The van der Waals surface area contributed by atoms with Gasteiger partial charge in [-0.3, -0.25) is 4.79 Å². The highest BCUT2D eigenvalue weighted by molar-refractivity contribution is 7.99. The first-order valence-electron chi connectivity index (χ1n) is 8.27. The van der Waals surface area contributed by atoms with Crippen LogP contribution >= 0.6 is 11.8 Å². The van der Waals surface area contributed by atoms with Crippen molar-refractivity contribution >= 4 is 34.8 Å². The molecule has 2 aromatic carbocycles. The predicted molar refractivity (Wildman–Crippen MR) is 107 cm³/mol. The molecule has 0 fully saturated rings. The molecule has 3 aromatic rings. The van der Waals surface area contributed by atoms with Gasteiger partial charge in [0.2, 0.25) is 5.91 Å². The molecular weight excluding hydrogens is 362 g/mol. The van der Waals surface area contributed by atoms with Crippen molar-refractivity contribution in [2.45, 2.75) is 18.9 Å². The van der Waals surface area contributed by atoms with Gasteiger partial charge in [-0.05, 0) is 61.4 Å². The van der Waals surface area contributed by atoms with Gasteiger partial charge in [-0.25, -0.2) is 10.4 Å². The molecular formula is C20H19N3O3S. The average Bonchev–Trinajstić information content (AvgIpc) is 2.63. The van der Waals surface area contributed by atoms with Gasteiger partial charge in [-0.2, -0.15) is 5.10 Å². The maximum Gasteiger partial charge on any atom is 0.250 e. The number of carbonyl (C=O) groups excluding carboxylic acids is 1. The number of fused-ring (bicyclic) bond motifs is 1. The monoisotopic (exact) mass is 381 g/mol. The number of rotatable bonds is 5. The molecule has 3 N–H and O–H groups in total. The number of nitrogens with one attached hydrogen (secondary N) is 1. The quantitative estimate of drug-likeness (QED) is 0.272. The summed E-state index contributed by atoms with van der Waals surface area (Å²) in [5.74, 6) is -0.528. The molecule has 1 aromatic heterocycles. The number of benzene rings is 2. The van der Waals surface area contributed by atoms with Crippen molar-refractivity contribution in [1.29, 1.82) is 0 Å². The van der Waals surface area contributed by atoms with Crippen molar-refractivity contribution in [1.82, 2.24) is 10.4 Å². The van der Waals surface area contributed by atoms with Crippen LogP contribution < -0.4 is 5.43 Å². The van der Waals surface area contributed by atoms with Crippen molar-refractivity contribution < 1.29 is 15.0 Å². The highest BCUT2D eigenvalue weighted by Gasteiger charge is 2.07. The molecule has 0 bridgehead atoms. The first-order chi connectivity index (χ1) is 12.9. The minimum Gasteiger partial charge on any atom is -0.504 e. The third-order valence-corrected chi connectivity index (χ3v) is 4.81. The SMILES string of the molecule is Cc1ccc2nc(SCC(=O)N/N=C\c3ccc(O)c(O)c3)cc(C)c2c1. The molecule has 0 spiro atoms. The van der Waals surface area contributed by atoms with E-state index in [1.807, 2.05) is 32.0 Å². The lowest BCUT2D eigenvalue weighted by Gasteiger charge is -2.07. The van der Waals surface area contributed by atoms with Crippen LogP contribution in [-0.4, -0.2) is 33.1 Å². The number of hydrazone groups is 1. The number of thioether (sulfide) groups is 1. The minimum atomic E-state index is -0.261. The molecule has 0 saturated carbocycles. The number of aryl methyl sites for hydroxylation is 2. The van der Waals surface area contributed by atoms with E-state index < -0.39 is 0 Å². The molecule has 7 heteroatoms. The Bertz CT molecular complexity index is 1030. The summed E-state index contributed by atoms with van der Waals surface area (Å²) in [6, 6.07) is 12.4. The van der Waals surface area contributed by atoms with Gasteiger partial charge in [0, 0.05) is 5.39 Å². The molecule has 1 heterocycles. The van der Waals surface area contributed by atoms with E-state index in [4.69, 9.17) is 0 Å². The highest BCUT2D eigenvalue weighted by atomic mass is 32.2. The van der Waals surface area contributed by atoms with Crippen LogP contribution in [0.1, 0.15) is 16.7 Å². The summed E-state index contributed by atoms with van der Waals surface area (Å²) in [4.78, 5) is 16.5. The van der Waals surface area contributed by atoms with Crippen molar-refractivity contribution in [3.05, 3.63) is 59.2 Å². The van der Waals surface area contributed by atoms with Crippen LogP contribution in [0.5, 0.6) is 11.5 Å². The summed E-state index contributed by atoms with van der Waals surface area (Å²) in [7, 11) is 0. The van der Waals surface area contributed by atoms with Gasteiger partial charge in [-0.15, -0.1) is 0 Å². The van der Waals surface area contributed by atoms with Gasteiger partial charge < -0.3 is 10.2 Å². The maximum absolute atomic E-state index is 12.0. The zero-order chi connectivity index (χ0) is 19.4. The summed E-state index contributed by atoms with van der Waals surface area (Å²) in [5, 5.41) is 24.4. The number of aromatic nitrogens is 1. The number of hydrogen-bond acceptors (Lipinski definition) is 6. The largest absolute Gasteiger partial charge is 0.504 e. The summed E-state index contributed by atoms with van der Waals surface area (Å²) in [5.41, 5.74) is 6.21. The van der Waals surface area contributed by atoms with E-state index in [2.05, 4.69) is 21.6 Å².